The number of hydrogen-bond acceptors (Lipinski definition) is 6. The first kappa shape index (κ1) is 15.5. The van der Waals surface area contributed by atoms with Gasteiger partial charge in [0.2, 0.25) is 5.91 Å². The molecule has 1 aliphatic heterocycles. The molecule has 0 spiro atoms. The molecule has 0 saturated carbocycles. The highest BCUT2D eigenvalue weighted by atomic mass is 16.2. The molecule has 1 amide bonds. The Kier molecular flexibility index (Phi) is 4.24. The molecule has 128 valence electrons. The molecule has 25 heavy (non-hydrogen) atoms. The minimum Gasteiger partial charge on any atom is -0.357 e. The van der Waals surface area contributed by atoms with Gasteiger partial charge >= 0.3 is 0 Å². The molecule has 2 aromatic heterocycles. The molecule has 1 aromatic carbocycles. The number of nitrogens with zero attached hydrogens (tertiary/aromatic N) is 6. The van der Waals surface area contributed by atoms with Gasteiger partial charge in [0.05, 0.1) is 0 Å². The molecule has 0 radical (unpaired) electrons. The Morgan fingerprint density at radius 2 is 2.04 bits per heavy atom. The molecular weight excluding hydrogens is 318 g/mol. The summed E-state index contributed by atoms with van der Waals surface area (Å²) in [6, 6.07) is 13.7. The van der Waals surface area contributed by atoms with Crippen molar-refractivity contribution in [2.24, 2.45) is 0 Å². The number of aryl methyl sites for hydroxylation is 1. The van der Waals surface area contributed by atoms with Crippen molar-refractivity contribution in [3.8, 4) is 0 Å². The number of fused-ring (bicyclic) bond motifs is 1. The summed E-state index contributed by atoms with van der Waals surface area (Å²) in [6.07, 6.45) is 2.73. The second kappa shape index (κ2) is 6.84. The highest BCUT2D eigenvalue weighted by Crippen LogP contribution is 2.17. The van der Waals surface area contributed by atoms with Crippen molar-refractivity contribution in [3.63, 3.8) is 0 Å². The lowest BCUT2D eigenvalue weighted by atomic mass is 10.1. The second-order valence-electron chi connectivity index (χ2n) is 6.15. The van der Waals surface area contributed by atoms with Gasteiger partial charge in [0, 0.05) is 13.1 Å². The maximum Gasteiger partial charge on any atom is 0.245 e. The van der Waals surface area contributed by atoms with Crippen molar-refractivity contribution in [1.82, 2.24) is 30.2 Å². The molecule has 1 unspecified atom stereocenters. The molecule has 1 saturated heterocycles. The fraction of sp³-hybridized carbons (Fsp3) is 0.353. The van der Waals surface area contributed by atoms with Crippen LogP contribution >= 0.6 is 0 Å². The van der Waals surface area contributed by atoms with Crippen molar-refractivity contribution in [2.75, 3.05) is 18.4 Å². The number of likely N-dealkylation sites (tertiary alicyclic amines) is 1. The van der Waals surface area contributed by atoms with Crippen LogP contribution in [0.5, 0.6) is 0 Å². The predicted octanol–water partition coefficient (Wildman–Crippen LogP) is 1.16. The van der Waals surface area contributed by atoms with Crippen molar-refractivity contribution in [1.29, 1.82) is 0 Å². The zero-order valence-electron chi connectivity index (χ0n) is 13.7. The monoisotopic (exact) mass is 337 g/mol. The molecule has 3 heterocycles. The van der Waals surface area contributed by atoms with Crippen molar-refractivity contribution in [2.45, 2.75) is 25.3 Å². The third-order valence-corrected chi connectivity index (χ3v) is 4.43. The first-order valence-corrected chi connectivity index (χ1v) is 8.44. The van der Waals surface area contributed by atoms with Gasteiger partial charge in [0.25, 0.3) is 0 Å². The van der Waals surface area contributed by atoms with Gasteiger partial charge in [0.1, 0.15) is 11.9 Å². The Balaban J connectivity index is 1.31. The maximum atomic E-state index is 12.6. The smallest absolute Gasteiger partial charge is 0.245 e. The Morgan fingerprint density at radius 3 is 2.92 bits per heavy atom. The number of tetrazole rings is 1. The van der Waals surface area contributed by atoms with Crippen molar-refractivity contribution >= 4 is 17.4 Å². The largest absolute Gasteiger partial charge is 0.357 e. The van der Waals surface area contributed by atoms with Crippen molar-refractivity contribution in [3.05, 3.63) is 48.0 Å². The number of carbonyl (C=O) groups excluding carboxylic acids is 1. The van der Waals surface area contributed by atoms with E-state index in [4.69, 9.17) is 0 Å². The molecule has 0 bridgehead atoms. The van der Waals surface area contributed by atoms with E-state index in [-0.39, 0.29) is 11.9 Å². The van der Waals surface area contributed by atoms with E-state index < -0.39 is 0 Å². The number of aromatic nitrogens is 5. The van der Waals surface area contributed by atoms with Gasteiger partial charge in [-0.2, -0.15) is 0 Å². The number of hydrogen-bond donors (Lipinski definition) is 1. The molecule has 1 N–H and O–H groups in total. The van der Waals surface area contributed by atoms with Gasteiger partial charge in [-0.15, -0.1) is 14.8 Å². The number of nitrogens with one attached hydrogen (secondary N) is 1. The van der Waals surface area contributed by atoms with E-state index in [0.29, 0.717) is 11.5 Å². The number of anilines is 1. The van der Waals surface area contributed by atoms with Crippen LogP contribution in [0.1, 0.15) is 18.4 Å². The van der Waals surface area contributed by atoms with Crippen LogP contribution in [0, 0.1) is 0 Å². The van der Waals surface area contributed by atoms with Crippen molar-refractivity contribution < 1.29 is 4.79 Å². The SMILES string of the molecule is O=C1C(Nc2ccc3nnnn3n2)CCN1CCCc1ccccc1. The zero-order chi connectivity index (χ0) is 17.1. The summed E-state index contributed by atoms with van der Waals surface area (Å²) in [5.74, 6) is 0.732. The Hall–Kier alpha value is -3.03. The average Bonchev–Trinajstić information content (AvgIpc) is 3.24. The Bertz CT molecular complexity index is 864. The highest BCUT2D eigenvalue weighted by molar-refractivity contribution is 5.86. The Morgan fingerprint density at radius 1 is 1.16 bits per heavy atom. The number of carbonyl (C=O) groups is 1. The Labute approximate surface area is 144 Å². The fourth-order valence-corrected chi connectivity index (χ4v) is 3.12. The average molecular weight is 337 g/mol. The maximum absolute atomic E-state index is 12.6. The lowest BCUT2D eigenvalue weighted by Gasteiger charge is -2.17. The van der Waals surface area contributed by atoms with Gasteiger partial charge in [0.15, 0.2) is 5.65 Å². The molecule has 3 aromatic rings. The first-order valence-electron chi connectivity index (χ1n) is 8.44. The van der Waals surface area contributed by atoms with Gasteiger partial charge < -0.3 is 10.2 Å². The van der Waals surface area contributed by atoms with Gasteiger partial charge in [-0.25, -0.2) is 0 Å². The summed E-state index contributed by atoms with van der Waals surface area (Å²) >= 11 is 0. The van der Waals surface area contributed by atoms with Crippen LogP contribution in [0.2, 0.25) is 0 Å². The zero-order valence-corrected chi connectivity index (χ0v) is 13.7. The van der Waals surface area contributed by atoms with Crippen LogP contribution < -0.4 is 5.32 Å². The third kappa shape index (κ3) is 3.42. The predicted molar refractivity (Wildman–Crippen MR) is 91.9 cm³/mol. The van der Waals surface area contributed by atoms with Crippen LogP contribution in [-0.2, 0) is 11.2 Å². The van der Waals surface area contributed by atoms with E-state index in [2.05, 4.69) is 38.1 Å². The molecule has 4 rings (SSSR count). The topological polar surface area (TPSA) is 88.3 Å². The fourth-order valence-electron chi connectivity index (χ4n) is 3.12. The van der Waals surface area contributed by atoms with Crippen LogP contribution in [0.4, 0.5) is 5.82 Å². The molecule has 1 aliphatic rings. The third-order valence-electron chi connectivity index (χ3n) is 4.43. The van der Waals surface area contributed by atoms with Gasteiger partial charge in [-0.3, -0.25) is 4.79 Å². The van der Waals surface area contributed by atoms with Gasteiger partial charge in [-0.1, -0.05) is 30.3 Å². The number of benzene rings is 1. The minimum atomic E-state index is -0.238. The second-order valence-corrected chi connectivity index (χ2v) is 6.15. The standard InChI is InChI=1S/C17H19N7O/c25-17-14(18-15-8-9-16-19-21-22-24(16)20-15)10-12-23(17)11-4-7-13-5-2-1-3-6-13/h1-3,5-6,8-9,14H,4,7,10-12H2,(H,18,20). The van der Waals surface area contributed by atoms with E-state index in [0.717, 1.165) is 32.4 Å². The summed E-state index contributed by atoms with van der Waals surface area (Å²) in [5.41, 5.74) is 1.88. The number of rotatable bonds is 6. The molecule has 1 fully saturated rings. The molecule has 1 atom stereocenters. The molecule has 8 nitrogen and oxygen atoms in total. The van der Waals surface area contributed by atoms with E-state index in [1.165, 1.54) is 10.2 Å². The van der Waals surface area contributed by atoms with E-state index in [1.807, 2.05) is 23.1 Å². The summed E-state index contributed by atoms with van der Waals surface area (Å²) in [7, 11) is 0. The lowest BCUT2D eigenvalue weighted by Crippen LogP contribution is -2.34. The summed E-state index contributed by atoms with van der Waals surface area (Å²) in [4.78, 5) is 14.5. The van der Waals surface area contributed by atoms with Crippen LogP contribution in [0.25, 0.3) is 5.65 Å². The first-order chi connectivity index (χ1) is 12.3. The summed E-state index contributed by atoms with van der Waals surface area (Å²) in [6.45, 7) is 1.56. The van der Waals surface area contributed by atoms with E-state index in [1.54, 1.807) is 12.1 Å². The lowest BCUT2D eigenvalue weighted by molar-refractivity contribution is -0.128. The van der Waals surface area contributed by atoms with Crippen LogP contribution in [-0.4, -0.2) is 55.2 Å². The van der Waals surface area contributed by atoms with Crippen LogP contribution in [0.15, 0.2) is 42.5 Å². The summed E-state index contributed by atoms with van der Waals surface area (Å²) in [5, 5.41) is 18.6. The summed E-state index contributed by atoms with van der Waals surface area (Å²) < 4.78 is 1.35. The molecule has 8 heteroatoms. The minimum absolute atomic E-state index is 0.131. The normalized spacial score (nSPS) is 17.4. The van der Waals surface area contributed by atoms with E-state index in [9.17, 15) is 4.79 Å². The van der Waals surface area contributed by atoms with Crippen LogP contribution in [0.3, 0.4) is 0 Å². The molecular formula is C17H19N7O. The number of amides is 1. The van der Waals surface area contributed by atoms with Gasteiger partial charge in [-0.05, 0) is 47.4 Å². The molecule has 0 aliphatic carbocycles. The van der Waals surface area contributed by atoms with E-state index >= 15 is 0 Å². The highest BCUT2D eigenvalue weighted by Gasteiger charge is 2.31. The quantitative estimate of drug-likeness (QED) is 0.726.